The normalized spacial score (nSPS) is 11.9. The van der Waals surface area contributed by atoms with Crippen LogP contribution in [0.2, 0.25) is 0 Å². The van der Waals surface area contributed by atoms with Crippen molar-refractivity contribution in [3.63, 3.8) is 0 Å². The second-order valence-corrected chi connectivity index (χ2v) is 7.94. The van der Waals surface area contributed by atoms with E-state index in [1.54, 1.807) is 0 Å². The summed E-state index contributed by atoms with van der Waals surface area (Å²) in [7, 11) is 0. The molecule has 0 bridgehead atoms. The average Bonchev–Trinajstić information content (AvgIpc) is 3.18. The summed E-state index contributed by atoms with van der Waals surface area (Å²) < 4.78 is 2.32. The van der Waals surface area contributed by atoms with Crippen LogP contribution in [0.3, 0.4) is 0 Å². The fourth-order valence-electron chi connectivity index (χ4n) is 5.02. The topological polar surface area (TPSA) is 30.7 Å². The predicted octanol–water partition coefficient (Wildman–Crippen LogP) is 7.03. The Morgan fingerprint density at radius 3 is 1.48 bits per heavy atom. The second kappa shape index (κ2) is 6.13. The lowest BCUT2D eigenvalue weighted by molar-refractivity contribution is 1.17. The summed E-state index contributed by atoms with van der Waals surface area (Å²) in [5.74, 6) is 0. The molecule has 0 radical (unpaired) electrons. The van der Waals surface area contributed by atoms with Crippen molar-refractivity contribution in [2.45, 2.75) is 0 Å². The van der Waals surface area contributed by atoms with Gasteiger partial charge in [0.25, 0.3) is 0 Å². The van der Waals surface area contributed by atoms with Gasteiger partial charge in [-0.1, -0.05) is 54.6 Å². The zero-order chi connectivity index (χ0) is 20.4. The summed E-state index contributed by atoms with van der Waals surface area (Å²) in [5, 5.41) is 9.95. The van der Waals surface area contributed by atoms with Crippen LogP contribution in [-0.4, -0.2) is 14.5 Å². The molecule has 0 spiro atoms. The van der Waals surface area contributed by atoms with E-state index in [1.165, 1.54) is 32.3 Å². The molecule has 0 aliphatic rings. The number of pyridine rings is 2. The van der Waals surface area contributed by atoms with E-state index < -0.39 is 0 Å². The zero-order valence-corrected chi connectivity index (χ0v) is 16.7. The fraction of sp³-hybridized carbons (Fsp3) is 0. The molecule has 0 saturated carbocycles. The Bertz CT molecular complexity index is 1710. The van der Waals surface area contributed by atoms with E-state index >= 15 is 0 Å². The molecule has 0 aliphatic heterocycles. The van der Waals surface area contributed by atoms with Gasteiger partial charge in [0.05, 0.1) is 11.0 Å². The van der Waals surface area contributed by atoms with Gasteiger partial charge in [0.1, 0.15) is 0 Å². The van der Waals surface area contributed by atoms with Crippen LogP contribution < -0.4 is 0 Å². The lowest BCUT2D eigenvalue weighted by atomic mass is 9.94. The van der Waals surface area contributed by atoms with E-state index in [9.17, 15) is 0 Å². The molecule has 0 atom stereocenters. The van der Waals surface area contributed by atoms with Gasteiger partial charge in [-0.25, -0.2) is 0 Å². The van der Waals surface area contributed by atoms with Crippen molar-refractivity contribution in [3.8, 4) is 5.69 Å². The maximum absolute atomic E-state index is 4.35. The quantitative estimate of drug-likeness (QED) is 0.279. The highest BCUT2D eigenvalue weighted by molar-refractivity contribution is 6.25. The number of hydrogen-bond acceptors (Lipinski definition) is 2. The molecule has 0 fully saturated rings. The van der Waals surface area contributed by atoms with Crippen molar-refractivity contribution in [2.24, 2.45) is 0 Å². The van der Waals surface area contributed by atoms with Crippen molar-refractivity contribution in [1.82, 2.24) is 14.5 Å². The van der Waals surface area contributed by atoms with E-state index in [-0.39, 0.29) is 0 Å². The van der Waals surface area contributed by atoms with Crippen LogP contribution in [0.4, 0.5) is 0 Å². The van der Waals surface area contributed by atoms with Gasteiger partial charge < -0.3 is 4.57 Å². The SMILES string of the molecule is c1ccc2c(c1)c1ccccc1c1cc(-n3c4ccncc4c4cnccc43)ccc21. The summed E-state index contributed by atoms with van der Waals surface area (Å²) in [5.41, 5.74) is 3.43. The Morgan fingerprint density at radius 1 is 0.452 bits per heavy atom. The maximum atomic E-state index is 4.35. The van der Waals surface area contributed by atoms with Crippen molar-refractivity contribution < 1.29 is 0 Å². The highest BCUT2D eigenvalue weighted by Gasteiger charge is 2.14. The molecule has 0 N–H and O–H groups in total. The van der Waals surface area contributed by atoms with Crippen molar-refractivity contribution in [3.05, 3.63) is 104 Å². The third-order valence-corrected chi connectivity index (χ3v) is 6.35. The number of hydrogen-bond donors (Lipinski definition) is 0. The number of aromatic nitrogens is 3. The van der Waals surface area contributed by atoms with Gasteiger partial charge in [0.2, 0.25) is 0 Å². The van der Waals surface area contributed by atoms with Gasteiger partial charge in [-0.2, -0.15) is 0 Å². The monoisotopic (exact) mass is 395 g/mol. The lowest BCUT2D eigenvalue weighted by Crippen LogP contribution is -1.94. The Hall–Kier alpha value is -4.24. The minimum Gasteiger partial charge on any atom is -0.309 e. The molecule has 4 aromatic carbocycles. The van der Waals surface area contributed by atoms with Crippen LogP contribution in [0, 0.1) is 0 Å². The van der Waals surface area contributed by atoms with Crippen molar-refractivity contribution >= 4 is 54.1 Å². The molecule has 7 aromatic rings. The molecule has 0 aliphatic carbocycles. The molecule has 0 unspecified atom stereocenters. The summed E-state index contributed by atoms with van der Waals surface area (Å²) >= 11 is 0. The fourth-order valence-corrected chi connectivity index (χ4v) is 5.02. The van der Waals surface area contributed by atoms with Crippen LogP contribution in [-0.2, 0) is 0 Å². The van der Waals surface area contributed by atoms with Crippen LogP contribution in [0.1, 0.15) is 0 Å². The average molecular weight is 395 g/mol. The highest BCUT2D eigenvalue weighted by atomic mass is 15.0. The Morgan fingerprint density at radius 2 is 0.935 bits per heavy atom. The summed E-state index contributed by atoms with van der Waals surface area (Å²) in [6.07, 6.45) is 7.57. The first-order valence-electron chi connectivity index (χ1n) is 10.4. The van der Waals surface area contributed by atoms with E-state index in [4.69, 9.17) is 0 Å². The molecule has 3 aromatic heterocycles. The Kier molecular flexibility index (Phi) is 3.27. The number of fused-ring (bicyclic) bond motifs is 9. The van der Waals surface area contributed by atoms with Gasteiger partial charge in [-0.05, 0) is 56.6 Å². The van der Waals surface area contributed by atoms with Crippen molar-refractivity contribution in [2.75, 3.05) is 0 Å². The number of benzene rings is 4. The first kappa shape index (κ1) is 16.5. The largest absolute Gasteiger partial charge is 0.309 e. The first-order chi connectivity index (χ1) is 15.4. The molecule has 7 rings (SSSR count). The molecule has 3 heteroatoms. The smallest absolute Gasteiger partial charge is 0.0572 e. The van der Waals surface area contributed by atoms with E-state index in [1.807, 2.05) is 24.8 Å². The van der Waals surface area contributed by atoms with Crippen LogP contribution in [0.5, 0.6) is 0 Å². The minimum atomic E-state index is 1.12. The molecule has 31 heavy (non-hydrogen) atoms. The van der Waals surface area contributed by atoms with E-state index in [0.29, 0.717) is 0 Å². The van der Waals surface area contributed by atoms with Crippen LogP contribution in [0.25, 0.3) is 59.8 Å². The zero-order valence-electron chi connectivity index (χ0n) is 16.7. The summed E-state index contributed by atoms with van der Waals surface area (Å²) in [6, 6.07) is 28.4. The summed E-state index contributed by atoms with van der Waals surface area (Å²) in [4.78, 5) is 8.71. The van der Waals surface area contributed by atoms with Crippen molar-refractivity contribution in [1.29, 1.82) is 0 Å². The lowest BCUT2D eigenvalue weighted by Gasteiger charge is -2.13. The van der Waals surface area contributed by atoms with Gasteiger partial charge in [-0.3, -0.25) is 9.97 Å². The van der Waals surface area contributed by atoms with Gasteiger partial charge in [0.15, 0.2) is 0 Å². The second-order valence-electron chi connectivity index (χ2n) is 7.94. The molecule has 3 nitrogen and oxygen atoms in total. The summed E-state index contributed by atoms with van der Waals surface area (Å²) in [6.45, 7) is 0. The van der Waals surface area contributed by atoms with Crippen LogP contribution >= 0.6 is 0 Å². The molecular weight excluding hydrogens is 378 g/mol. The van der Waals surface area contributed by atoms with Gasteiger partial charge in [-0.15, -0.1) is 0 Å². The van der Waals surface area contributed by atoms with Crippen LogP contribution in [0.15, 0.2) is 104 Å². The highest BCUT2D eigenvalue weighted by Crippen LogP contribution is 2.37. The standard InChI is InChI=1S/C28H17N3/c1-2-7-21-19(5-1)20-6-3-4-8-22(20)24-15-18(9-10-23(21)24)31-27-11-13-29-16-25(27)26-17-30-14-12-28(26)31/h1-17H. The third kappa shape index (κ3) is 2.23. The molecule has 144 valence electrons. The molecule has 3 heterocycles. The van der Waals surface area contributed by atoms with E-state index in [0.717, 1.165) is 27.5 Å². The number of rotatable bonds is 1. The Balaban J connectivity index is 1.66. The Labute approximate surface area is 178 Å². The molecule has 0 saturated heterocycles. The first-order valence-corrected chi connectivity index (χ1v) is 10.4. The van der Waals surface area contributed by atoms with Gasteiger partial charge in [0, 0.05) is 41.2 Å². The minimum absolute atomic E-state index is 1.12. The van der Waals surface area contributed by atoms with E-state index in [2.05, 4.69) is 93.4 Å². The maximum Gasteiger partial charge on any atom is 0.0572 e. The van der Waals surface area contributed by atoms with Gasteiger partial charge >= 0.3 is 0 Å². The number of nitrogens with zero attached hydrogens (tertiary/aromatic N) is 3. The third-order valence-electron chi connectivity index (χ3n) is 6.35. The molecule has 0 amide bonds. The predicted molar refractivity (Wildman–Crippen MR) is 129 cm³/mol. The molecular formula is C28H17N3.